The van der Waals surface area contributed by atoms with Crippen LogP contribution in [0.15, 0.2) is 22.7 Å². The van der Waals surface area contributed by atoms with Crippen LogP contribution >= 0.6 is 15.9 Å². The summed E-state index contributed by atoms with van der Waals surface area (Å²) >= 11 is 3.15. The topological polar surface area (TPSA) is 49.8 Å². The summed E-state index contributed by atoms with van der Waals surface area (Å²) < 4.78 is 19.3. The van der Waals surface area contributed by atoms with Crippen LogP contribution in [-0.4, -0.2) is 41.2 Å². The number of carbonyl (C=O) groups excluding carboxylic acids is 1. The van der Waals surface area contributed by atoms with Gasteiger partial charge in [0, 0.05) is 17.6 Å². The van der Waals surface area contributed by atoms with Gasteiger partial charge in [-0.2, -0.15) is 0 Å². The molecule has 20 heavy (non-hydrogen) atoms. The Hall–Kier alpha value is -1.14. The van der Waals surface area contributed by atoms with Crippen molar-refractivity contribution in [3.05, 3.63) is 28.5 Å². The molecule has 0 radical (unpaired) electrons. The fourth-order valence-electron chi connectivity index (χ4n) is 1.67. The third kappa shape index (κ3) is 5.46. The maximum atomic E-state index is 13.5. The minimum absolute atomic E-state index is 0.0286. The second kappa shape index (κ2) is 7.04. The molecule has 0 atom stereocenters. The first-order valence-corrected chi connectivity index (χ1v) is 7.10. The molecule has 0 bridgehead atoms. The number of hydrogen-bond donors (Lipinski definition) is 1. The number of rotatable bonds is 6. The minimum Gasteiger partial charge on any atom is -0.481 e. The number of halogens is 2. The molecule has 0 saturated heterocycles. The highest BCUT2D eigenvalue weighted by molar-refractivity contribution is 9.10. The van der Waals surface area contributed by atoms with Crippen molar-refractivity contribution in [3.63, 3.8) is 0 Å². The van der Waals surface area contributed by atoms with E-state index in [4.69, 9.17) is 4.74 Å². The number of nitrogens with zero attached hydrogens (tertiary/aromatic N) is 1. The highest BCUT2D eigenvalue weighted by Crippen LogP contribution is 2.21. The Balaban J connectivity index is 2.61. The molecule has 1 aromatic rings. The minimum atomic E-state index is -0.978. The molecule has 1 amide bonds. The van der Waals surface area contributed by atoms with E-state index in [0.717, 1.165) is 0 Å². The van der Waals surface area contributed by atoms with Gasteiger partial charge in [-0.15, -0.1) is 0 Å². The van der Waals surface area contributed by atoms with Gasteiger partial charge in [0.25, 0.3) is 5.91 Å². The molecular formula is C14H19BrFNO3. The quantitative estimate of drug-likeness (QED) is 0.860. The summed E-state index contributed by atoms with van der Waals surface area (Å²) in [6.45, 7) is 5.45. The van der Waals surface area contributed by atoms with Gasteiger partial charge in [-0.25, -0.2) is 4.39 Å². The van der Waals surface area contributed by atoms with Gasteiger partial charge in [0.1, 0.15) is 0 Å². The van der Waals surface area contributed by atoms with E-state index in [1.165, 1.54) is 17.0 Å². The number of hydrogen-bond acceptors (Lipinski definition) is 3. The molecule has 1 N–H and O–H groups in total. The summed E-state index contributed by atoms with van der Waals surface area (Å²) in [6, 6.07) is 4.37. The number of ether oxygens (including phenoxy) is 1. The summed E-state index contributed by atoms with van der Waals surface area (Å²) in [5, 5.41) is 9.73. The monoisotopic (exact) mass is 347 g/mol. The Kier molecular flexibility index (Phi) is 5.95. The van der Waals surface area contributed by atoms with E-state index in [2.05, 4.69) is 15.9 Å². The maximum Gasteiger partial charge on any atom is 0.260 e. The molecule has 0 unspecified atom stereocenters. The molecule has 0 aliphatic rings. The van der Waals surface area contributed by atoms with Crippen molar-refractivity contribution in [2.24, 2.45) is 0 Å². The number of amides is 1. The smallest absolute Gasteiger partial charge is 0.260 e. The first-order chi connectivity index (χ1) is 9.23. The zero-order chi connectivity index (χ0) is 15.3. The van der Waals surface area contributed by atoms with Crippen molar-refractivity contribution >= 4 is 21.8 Å². The van der Waals surface area contributed by atoms with Gasteiger partial charge < -0.3 is 14.7 Å². The Morgan fingerprint density at radius 3 is 2.65 bits per heavy atom. The second-order valence-corrected chi connectivity index (χ2v) is 6.00. The van der Waals surface area contributed by atoms with Gasteiger partial charge in [-0.1, -0.05) is 15.9 Å². The second-order valence-electron chi connectivity index (χ2n) is 5.08. The SMILES string of the molecule is CCN(CC(C)(C)O)C(=O)COc1ccc(Br)cc1F. The van der Waals surface area contributed by atoms with E-state index < -0.39 is 11.4 Å². The van der Waals surface area contributed by atoms with Gasteiger partial charge in [-0.3, -0.25) is 4.79 Å². The average Bonchev–Trinajstić information content (AvgIpc) is 2.33. The van der Waals surface area contributed by atoms with Gasteiger partial charge >= 0.3 is 0 Å². The van der Waals surface area contributed by atoms with Gasteiger partial charge in [0.2, 0.25) is 0 Å². The standard InChI is InChI=1S/C14H19BrFNO3/c1-4-17(9-14(2,3)19)13(18)8-20-12-6-5-10(15)7-11(12)16/h5-7,19H,4,8-9H2,1-3H3. The van der Waals surface area contributed by atoms with Crippen LogP contribution in [0.1, 0.15) is 20.8 Å². The fourth-order valence-corrected chi connectivity index (χ4v) is 2.00. The lowest BCUT2D eigenvalue weighted by Crippen LogP contribution is -2.44. The van der Waals surface area contributed by atoms with Crippen LogP contribution in [0.4, 0.5) is 4.39 Å². The number of likely N-dealkylation sites (N-methyl/N-ethyl adjacent to an activating group) is 1. The predicted octanol–water partition coefficient (Wildman–Crippen LogP) is 2.59. The van der Waals surface area contributed by atoms with Crippen LogP contribution in [0.25, 0.3) is 0 Å². The van der Waals surface area contributed by atoms with E-state index in [1.807, 2.05) is 6.92 Å². The van der Waals surface area contributed by atoms with Crippen molar-refractivity contribution in [1.82, 2.24) is 4.90 Å². The maximum absolute atomic E-state index is 13.5. The van der Waals surface area contributed by atoms with E-state index in [0.29, 0.717) is 11.0 Å². The number of aliphatic hydroxyl groups is 1. The van der Waals surface area contributed by atoms with Crippen molar-refractivity contribution in [3.8, 4) is 5.75 Å². The number of benzene rings is 1. The molecule has 0 heterocycles. The lowest BCUT2D eigenvalue weighted by Gasteiger charge is -2.28. The highest BCUT2D eigenvalue weighted by Gasteiger charge is 2.21. The van der Waals surface area contributed by atoms with Crippen LogP contribution in [0.3, 0.4) is 0 Å². The lowest BCUT2D eigenvalue weighted by atomic mass is 10.1. The van der Waals surface area contributed by atoms with Crippen LogP contribution in [0.5, 0.6) is 5.75 Å². The molecule has 4 nitrogen and oxygen atoms in total. The van der Waals surface area contributed by atoms with Gasteiger partial charge in [0.05, 0.1) is 5.60 Å². The van der Waals surface area contributed by atoms with Crippen LogP contribution in [0, 0.1) is 5.82 Å². The van der Waals surface area contributed by atoms with Gasteiger partial charge in [0.15, 0.2) is 18.2 Å². The molecule has 0 aliphatic heterocycles. The first kappa shape index (κ1) is 16.9. The molecule has 0 aliphatic carbocycles. The molecule has 1 aromatic carbocycles. The van der Waals surface area contributed by atoms with E-state index in [9.17, 15) is 14.3 Å². The Morgan fingerprint density at radius 2 is 2.15 bits per heavy atom. The largest absolute Gasteiger partial charge is 0.481 e. The predicted molar refractivity (Wildman–Crippen MR) is 78.1 cm³/mol. The normalized spacial score (nSPS) is 11.3. The van der Waals surface area contributed by atoms with Crippen LogP contribution < -0.4 is 4.74 Å². The highest BCUT2D eigenvalue weighted by atomic mass is 79.9. The zero-order valence-corrected chi connectivity index (χ0v) is 13.4. The van der Waals surface area contributed by atoms with Crippen molar-refractivity contribution < 1.29 is 19.0 Å². The van der Waals surface area contributed by atoms with Crippen LogP contribution in [-0.2, 0) is 4.79 Å². The Bertz CT molecular complexity index is 474. The summed E-state index contributed by atoms with van der Waals surface area (Å²) in [4.78, 5) is 13.4. The summed E-state index contributed by atoms with van der Waals surface area (Å²) in [5.74, 6) is -0.796. The van der Waals surface area contributed by atoms with Crippen molar-refractivity contribution in [2.45, 2.75) is 26.4 Å². The third-order valence-corrected chi connectivity index (χ3v) is 3.05. The van der Waals surface area contributed by atoms with E-state index >= 15 is 0 Å². The lowest BCUT2D eigenvalue weighted by molar-refractivity contribution is -0.136. The summed E-state index contributed by atoms with van der Waals surface area (Å²) in [5.41, 5.74) is -0.978. The molecule has 6 heteroatoms. The van der Waals surface area contributed by atoms with Crippen LogP contribution in [0.2, 0.25) is 0 Å². The Labute approximate surface area is 126 Å². The first-order valence-electron chi connectivity index (χ1n) is 6.31. The van der Waals surface area contributed by atoms with E-state index in [-0.39, 0.29) is 24.8 Å². The molecule has 112 valence electrons. The fraction of sp³-hybridized carbons (Fsp3) is 0.500. The van der Waals surface area contributed by atoms with Crippen molar-refractivity contribution in [2.75, 3.05) is 19.7 Å². The molecule has 1 rings (SSSR count). The summed E-state index contributed by atoms with van der Waals surface area (Å²) in [7, 11) is 0. The molecule has 0 spiro atoms. The summed E-state index contributed by atoms with van der Waals surface area (Å²) in [6.07, 6.45) is 0. The zero-order valence-electron chi connectivity index (χ0n) is 11.8. The third-order valence-electron chi connectivity index (χ3n) is 2.56. The van der Waals surface area contributed by atoms with Crippen molar-refractivity contribution in [1.29, 1.82) is 0 Å². The van der Waals surface area contributed by atoms with Gasteiger partial charge in [-0.05, 0) is 39.0 Å². The molecular weight excluding hydrogens is 329 g/mol. The molecule has 0 aromatic heterocycles. The average molecular weight is 348 g/mol. The Morgan fingerprint density at radius 1 is 1.50 bits per heavy atom. The molecule has 0 saturated carbocycles. The molecule has 0 fully saturated rings. The van der Waals surface area contributed by atoms with E-state index in [1.54, 1.807) is 19.9 Å². The number of carbonyl (C=O) groups is 1.